The third kappa shape index (κ3) is 3.86. The SMILES string of the molecule is Br.C1=Cc2cc3ccc(cc4nc(cc5ccc(cc1n2)[nH]5)C=C4)[nH]3.[Sc]. The van der Waals surface area contributed by atoms with Crippen molar-refractivity contribution in [3.63, 3.8) is 0 Å². The van der Waals surface area contributed by atoms with Gasteiger partial charge in [0.25, 0.3) is 0 Å². The molecular formula is C20H15BrN4Sc. The Labute approximate surface area is 179 Å². The molecule has 2 aliphatic rings. The number of rotatable bonds is 0. The number of nitrogens with zero attached hydrogens (tertiary/aromatic N) is 2. The van der Waals surface area contributed by atoms with E-state index in [1.165, 1.54) is 0 Å². The molecular weight excluding hydrogens is 421 g/mol. The van der Waals surface area contributed by atoms with E-state index < -0.39 is 0 Å². The van der Waals surface area contributed by atoms with Crippen molar-refractivity contribution in [2.24, 2.45) is 0 Å². The predicted octanol–water partition coefficient (Wildman–Crippen LogP) is 5.23. The van der Waals surface area contributed by atoms with Gasteiger partial charge in [-0.05, 0) is 72.8 Å². The molecule has 0 aliphatic carbocycles. The summed E-state index contributed by atoms with van der Waals surface area (Å²) in [5, 5.41) is 0. The Hall–Kier alpha value is -2.05. The minimum absolute atomic E-state index is 0. The zero-order valence-electron chi connectivity index (χ0n) is 13.8. The Kier molecular flexibility index (Phi) is 5.53. The van der Waals surface area contributed by atoms with Crippen LogP contribution in [0.3, 0.4) is 0 Å². The van der Waals surface area contributed by atoms with Gasteiger partial charge in [-0.25, -0.2) is 9.97 Å². The summed E-state index contributed by atoms with van der Waals surface area (Å²) in [5.74, 6) is 0. The minimum atomic E-state index is 0. The van der Waals surface area contributed by atoms with E-state index in [0.717, 1.165) is 44.8 Å². The van der Waals surface area contributed by atoms with Gasteiger partial charge in [0, 0.05) is 47.9 Å². The van der Waals surface area contributed by atoms with Gasteiger partial charge in [0.05, 0.1) is 22.8 Å². The summed E-state index contributed by atoms with van der Waals surface area (Å²) in [6, 6.07) is 16.4. The molecule has 0 saturated heterocycles. The normalized spacial score (nSPS) is 11.7. The van der Waals surface area contributed by atoms with Crippen molar-refractivity contribution >= 4 is 63.4 Å². The van der Waals surface area contributed by atoms with Crippen LogP contribution in [0.4, 0.5) is 0 Å². The summed E-state index contributed by atoms with van der Waals surface area (Å²) in [6.45, 7) is 0. The molecule has 5 rings (SSSR count). The molecule has 0 saturated carbocycles. The van der Waals surface area contributed by atoms with Gasteiger partial charge in [0.2, 0.25) is 0 Å². The van der Waals surface area contributed by atoms with Crippen molar-refractivity contribution in [3.8, 4) is 0 Å². The Morgan fingerprint density at radius 3 is 1.04 bits per heavy atom. The molecule has 0 amide bonds. The van der Waals surface area contributed by atoms with E-state index in [0.29, 0.717) is 0 Å². The van der Waals surface area contributed by atoms with Crippen molar-refractivity contribution in [2.45, 2.75) is 0 Å². The summed E-state index contributed by atoms with van der Waals surface area (Å²) < 4.78 is 0. The number of aromatic amines is 2. The Morgan fingerprint density at radius 2 is 0.769 bits per heavy atom. The van der Waals surface area contributed by atoms with E-state index in [4.69, 9.17) is 0 Å². The van der Waals surface area contributed by atoms with Crippen LogP contribution < -0.4 is 0 Å². The van der Waals surface area contributed by atoms with Crippen LogP contribution in [0, 0.1) is 0 Å². The molecule has 0 fully saturated rings. The summed E-state index contributed by atoms with van der Waals surface area (Å²) >= 11 is 0. The molecule has 2 N–H and O–H groups in total. The Morgan fingerprint density at radius 1 is 0.500 bits per heavy atom. The number of hydrogen-bond donors (Lipinski definition) is 2. The van der Waals surface area contributed by atoms with Gasteiger partial charge < -0.3 is 9.97 Å². The Balaban J connectivity index is 0.000000980. The number of aromatic nitrogens is 4. The number of halogens is 1. The molecule has 0 unspecified atom stereocenters. The zero-order valence-corrected chi connectivity index (χ0v) is 17.3. The molecule has 6 heteroatoms. The van der Waals surface area contributed by atoms with Gasteiger partial charge in [-0.2, -0.15) is 0 Å². The maximum absolute atomic E-state index is 4.63. The fourth-order valence-corrected chi connectivity index (χ4v) is 2.94. The average molecular weight is 436 g/mol. The predicted molar refractivity (Wildman–Crippen MR) is 109 cm³/mol. The first kappa shape index (κ1) is 18.7. The van der Waals surface area contributed by atoms with E-state index in [9.17, 15) is 0 Å². The molecule has 5 heterocycles. The largest absolute Gasteiger partial charge is 0.355 e. The fourth-order valence-electron chi connectivity index (χ4n) is 2.94. The Bertz CT molecular complexity index is 996. The van der Waals surface area contributed by atoms with Gasteiger partial charge in [-0.3, -0.25) is 0 Å². The second kappa shape index (κ2) is 7.68. The number of hydrogen-bond acceptors (Lipinski definition) is 2. The van der Waals surface area contributed by atoms with Crippen LogP contribution in [-0.2, 0) is 25.8 Å². The molecule has 0 atom stereocenters. The first-order valence-corrected chi connectivity index (χ1v) is 7.85. The molecule has 4 nitrogen and oxygen atoms in total. The summed E-state index contributed by atoms with van der Waals surface area (Å²) in [4.78, 5) is 16.0. The summed E-state index contributed by atoms with van der Waals surface area (Å²) in [5.41, 5.74) is 7.86. The molecule has 125 valence electrons. The van der Waals surface area contributed by atoms with Crippen LogP contribution in [0.2, 0.25) is 0 Å². The quantitative estimate of drug-likeness (QED) is 0.349. The number of nitrogens with one attached hydrogen (secondary N) is 2. The molecule has 26 heavy (non-hydrogen) atoms. The molecule has 0 aromatic carbocycles. The van der Waals surface area contributed by atoms with Crippen LogP contribution in [0.5, 0.6) is 0 Å². The zero-order chi connectivity index (χ0) is 15.9. The van der Waals surface area contributed by atoms with Crippen LogP contribution in [0.15, 0.2) is 48.5 Å². The molecule has 2 aliphatic heterocycles. The van der Waals surface area contributed by atoms with E-state index in [1.807, 2.05) is 48.6 Å². The number of fused-ring (bicyclic) bond motifs is 8. The second-order valence-electron chi connectivity index (χ2n) is 5.91. The molecule has 3 aromatic rings. The monoisotopic (exact) mass is 435 g/mol. The average Bonchev–Trinajstić information content (AvgIpc) is 3.32. The van der Waals surface area contributed by atoms with Crippen LogP contribution in [0.1, 0.15) is 22.8 Å². The van der Waals surface area contributed by atoms with E-state index in [1.54, 1.807) is 0 Å². The maximum atomic E-state index is 4.63. The third-order valence-corrected chi connectivity index (χ3v) is 4.04. The first-order chi connectivity index (χ1) is 11.8. The number of H-pyrrole nitrogens is 2. The van der Waals surface area contributed by atoms with Crippen molar-refractivity contribution in [2.75, 3.05) is 0 Å². The van der Waals surface area contributed by atoms with Crippen molar-refractivity contribution in [1.29, 1.82) is 0 Å². The molecule has 8 bridgehead atoms. The second-order valence-corrected chi connectivity index (χ2v) is 5.91. The van der Waals surface area contributed by atoms with E-state index in [-0.39, 0.29) is 42.8 Å². The third-order valence-electron chi connectivity index (χ3n) is 4.04. The fraction of sp³-hybridized carbons (Fsp3) is 0. The smallest absolute Gasteiger partial charge is 0.0658 e. The van der Waals surface area contributed by atoms with Crippen LogP contribution >= 0.6 is 17.0 Å². The first-order valence-electron chi connectivity index (χ1n) is 7.85. The maximum Gasteiger partial charge on any atom is 0.0658 e. The van der Waals surface area contributed by atoms with Gasteiger partial charge in [-0.1, -0.05) is 0 Å². The van der Waals surface area contributed by atoms with Crippen LogP contribution in [0.25, 0.3) is 46.4 Å². The van der Waals surface area contributed by atoms with Gasteiger partial charge in [0.15, 0.2) is 0 Å². The topological polar surface area (TPSA) is 57.4 Å². The van der Waals surface area contributed by atoms with Gasteiger partial charge in [0.1, 0.15) is 0 Å². The van der Waals surface area contributed by atoms with Crippen LogP contribution in [-0.4, -0.2) is 19.9 Å². The van der Waals surface area contributed by atoms with Gasteiger partial charge >= 0.3 is 0 Å². The van der Waals surface area contributed by atoms with Gasteiger partial charge in [-0.15, -0.1) is 17.0 Å². The molecule has 3 aromatic heterocycles. The minimum Gasteiger partial charge on any atom is -0.355 e. The summed E-state index contributed by atoms with van der Waals surface area (Å²) in [7, 11) is 0. The molecule has 0 spiro atoms. The van der Waals surface area contributed by atoms with Crippen molar-refractivity contribution < 1.29 is 25.8 Å². The molecule has 1 radical (unpaired) electrons. The summed E-state index contributed by atoms with van der Waals surface area (Å²) in [6.07, 6.45) is 8.09. The van der Waals surface area contributed by atoms with Crippen molar-refractivity contribution in [1.82, 2.24) is 19.9 Å². The standard InChI is InChI=1S/C20H14N4.BrH.Sc/c1-2-14-10-16-5-6-18(23-16)12-20-8-7-19(24-20)11-17-4-3-15(22-17)9-13(1)21-14;;/h1-12,21,24H;1H;. The van der Waals surface area contributed by atoms with E-state index in [2.05, 4.69) is 44.2 Å². The van der Waals surface area contributed by atoms with E-state index >= 15 is 0 Å². The van der Waals surface area contributed by atoms with Crippen molar-refractivity contribution in [3.05, 3.63) is 71.3 Å².